The van der Waals surface area contributed by atoms with E-state index in [1.807, 2.05) is 31.2 Å². The van der Waals surface area contributed by atoms with Gasteiger partial charge in [0, 0.05) is 35.0 Å². The van der Waals surface area contributed by atoms with Crippen molar-refractivity contribution >= 4 is 33.6 Å². The zero-order valence-electron chi connectivity index (χ0n) is 12.3. The molecule has 21 heavy (non-hydrogen) atoms. The Morgan fingerprint density at radius 1 is 1.48 bits per heavy atom. The lowest BCUT2D eigenvalue weighted by Gasteiger charge is -2.08. The Kier molecular flexibility index (Phi) is 9.54. The fraction of sp³-hybridized carbons (Fsp3) is 0.533. The normalized spacial score (nSPS) is 12.0. The molecule has 0 fully saturated rings. The van der Waals surface area contributed by atoms with Crippen LogP contribution in [0.25, 0.3) is 0 Å². The van der Waals surface area contributed by atoms with Crippen LogP contribution in [0.1, 0.15) is 19.8 Å². The first-order chi connectivity index (χ1) is 10.1. The van der Waals surface area contributed by atoms with E-state index in [9.17, 15) is 4.79 Å². The maximum absolute atomic E-state index is 11.4. The van der Waals surface area contributed by atoms with E-state index >= 15 is 0 Å². The van der Waals surface area contributed by atoms with Crippen molar-refractivity contribution in [3.63, 3.8) is 0 Å². The Bertz CT molecular complexity index is 430. The van der Waals surface area contributed by atoms with E-state index in [2.05, 4.69) is 21.2 Å². The number of carbonyl (C=O) groups excluding carboxylic acids is 1. The Balaban J connectivity index is 1.96. The molecule has 1 atom stereocenters. The number of hydrogen-bond donors (Lipinski definition) is 2. The summed E-state index contributed by atoms with van der Waals surface area (Å²) in [5.74, 6) is 2.75. The van der Waals surface area contributed by atoms with Crippen molar-refractivity contribution in [2.24, 2.45) is 5.73 Å². The van der Waals surface area contributed by atoms with Crippen LogP contribution in [0, 0.1) is 0 Å². The van der Waals surface area contributed by atoms with Gasteiger partial charge in [-0.3, -0.25) is 4.79 Å². The molecule has 0 aliphatic heterocycles. The van der Waals surface area contributed by atoms with E-state index in [1.54, 1.807) is 11.8 Å². The number of nitrogens with one attached hydrogen (secondary N) is 1. The standard InChI is InChI=1S/C15H23BrN2O2S/c1-12(17)5-6-15(19)18-7-9-21-10-8-20-14-4-2-3-13(16)11-14/h2-4,11-12H,5-10,17H2,1H3,(H,18,19). The van der Waals surface area contributed by atoms with Gasteiger partial charge in [0.1, 0.15) is 5.75 Å². The van der Waals surface area contributed by atoms with Gasteiger partial charge in [0.2, 0.25) is 5.91 Å². The molecule has 0 heterocycles. The summed E-state index contributed by atoms with van der Waals surface area (Å²) in [6.07, 6.45) is 1.24. The molecule has 0 saturated heterocycles. The van der Waals surface area contributed by atoms with Crippen LogP contribution in [-0.4, -0.2) is 36.6 Å². The number of ether oxygens (including phenoxy) is 1. The second kappa shape index (κ2) is 10.9. The third kappa shape index (κ3) is 9.77. The van der Waals surface area contributed by atoms with Crippen molar-refractivity contribution in [1.29, 1.82) is 0 Å². The van der Waals surface area contributed by atoms with Crippen LogP contribution >= 0.6 is 27.7 Å². The highest BCUT2D eigenvalue weighted by Gasteiger charge is 2.02. The zero-order chi connectivity index (χ0) is 15.5. The SMILES string of the molecule is CC(N)CCC(=O)NCCSCCOc1cccc(Br)c1. The Morgan fingerprint density at radius 2 is 2.29 bits per heavy atom. The third-order valence-corrected chi connectivity index (χ3v) is 4.13. The molecule has 6 heteroatoms. The number of nitrogens with two attached hydrogens (primary N) is 1. The summed E-state index contributed by atoms with van der Waals surface area (Å²) in [5.41, 5.74) is 5.61. The van der Waals surface area contributed by atoms with E-state index in [0.717, 1.165) is 28.1 Å². The number of carbonyl (C=O) groups is 1. The second-order valence-electron chi connectivity index (χ2n) is 4.78. The second-order valence-corrected chi connectivity index (χ2v) is 6.92. The number of rotatable bonds is 10. The first-order valence-electron chi connectivity index (χ1n) is 7.06. The molecule has 1 rings (SSSR count). The van der Waals surface area contributed by atoms with Gasteiger partial charge >= 0.3 is 0 Å². The van der Waals surface area contributed by atoms with Crippen molar-refractivity contribution < 1.29 is 9.53 Å². The van der Waals surface area contributed by atoms with Crippen LogP contribution < -0.4 is 15.8 Å². The van der Waals surface area contributed by atoms with Crippen molar-refractivity contribution in [3.05, 3.63) is 28.7 Å². The summed E-state index contributed by atoms with van der Waals surface area (Å²) in [6.45, 7) is 3.27. The molecular weight excluding hydrogens is 352 g/mol. The molecule has 4 nitrogen and oxygen atoms in total. The molecule has 0 saturated carbocycles. The van der Waals surface area contributed by atoms with Crippen LogP contribution in [0.2, 0.25) is 0 Å². The summed E-state index contributed by atoms with van der Waals surface area (Å²) in [5, 5.41) is 2.89. The predicted octanol–water partition coefficient (Wildman–Crippen LogP) is 2.80. The zero-order valence-corrected chi connectivity index (χ0v) is 14.7. The van der Waals surface area contributed by atoms with Crippen LogP contribution in [0.4, 0.5) is 0 Å². The number of benzene rings is 1. The Morgan fingerprint density at radius 3 is 3.00 bits per heavy atom. The third-order valence-electron chi connectivity index (χ3n) is 2.69. The molecule has 0 bridgehead atoms. The minimum atomic E-state index is 0.0817. The highest BCUT2D eigenvalue weighted by Crippen LogP contribution is 2.17. The van der Waals surface area contributed by atoms with Crippen LogP contribution in [0.3, 0.4) is 0 Å². The van der Waals surface area contributed by atoms with Crippen LogP contribution in [0.15, 0.2) is 28.7 Å². The fourth-order valence-electron chi connectivity index (χ4n) is 1.59. The van der Waals surface area contributed by atoms with Crippen LogP contribution in [-0.2, 0) is 4.79 Å². The smallest absolute Gasteiger partial charge is 0.220 e. The number of hydrogen-bond acceptors (Lipinski definition) is 4. The minimum absolute atomic E-state index is 0.0817. The molecular formula is C15H23BrN2O2S. The van der Waals surface area contributed by atoms with E-state index in [4.69, 9.17) is 10.5 Å². The van der Waals surface area contributed by atoms with E-state index in [1.165, 1.54) is 0 Å². The maximum Gasteiger partial charge on any atom is 0.220 e. The lowest BCUT2D eigenvalue weighted by molar-refractivity contribution is -0.121. The summed E-state index contributed by atoms with van der Waals surface area (Å²) in [6, 6.07) is 7.89. The molecule has 1 aromatic rings. The molecule has 118 valence electrons. The Hall–Kier alpha value is -0.720. The molecule has 0 spiro atoms. The van der Waals surface area contributed by atoms with Gasteiger partial charge in [-0.2, -0.15) is 11.8 Å². The van der Waals surface area contributed by atoms with Crippen LogP contribution in [0.5, 0.6) is 5.75 Å². The quantitative estimate of drug-likeness (QED) is 0.618. The van der Waals surface area contributed by atoms with Gasteiger partial charge in [0.05, 0.1) is 6.61 Å². The first kappa shape index (κ1) is 18.3. The maximum atomic E-state index is 11.4. The van der Waals surface area contributed by atoms with Gasteiger partial charge < -0.3 is 15.8 Å². The lowest BCUT2D eigenvalue weighted by Crippen LogP contribution is -2.27. The van der Waals surface area contributed by atoms with E-state index in [0.29, 0.717) is 19.6 Å². The molecule has 0 aliphatic carbocycles. The van der Waals surface area contributed by atoms with Crippen molar-refractivity contribution in [1.82, 2.24) is 5.32 Å². The van der Waals surface area contributed by atoms with Gasteiger partial charge in [-0.15, -0.1) is 0 Å². The van der Waals surface area contributed by atoms with Crippen molar-refractivity contribution in [2.45, 2.75) is 25.8 Å². The Labute approximate surface area is 139 Å². The number of halogens is 1. The van der Waals surface area contributed by atoms with Crippen molar-refractivity contribution in [3.8, 4) is 5.75 Å². The minimum Gasteiger partial charge on any atom is -0.493 e. The van der Waals surface area contributed by atoms with E-state index in [-0.39, 0.29) is 11.9 Å². The average molecular weight is 375 g/mol. The monoisotopic (exact) mass is 374 g/mol. The number of amides is 1. The summed E-state index contributed by atoms with van der Waals surface area (Å²) >= 11 is 5.17. The molecule has 1 aromatic carbocycles. The molecule has 0 aliphatic rings. The molecule has 1 amide bonds. The first-order valence-corrected chi connectivity index (χ1v) is 9.01. The largest absolute Gasteiger partial charge is 0.493 e. The lowest BCUT2D eigenvalue weighted by atomic mass is 10.2. The molecule has 1 unspecified atom stereocenters. The molecule has 0 radical (unpaired) electrons. The summed E-state index contributed by atoms with van der Waals surface area (Å²) in [7, 11) is 0. The van der Waals surface area contributed by atoms with Gasteiger partial charge in [-0.25, -0.2) is 0 Å². The van der Waals surface area contributed by atoms with Gasteiger partial charge in [-0.1, -0.05) is 22.0 Å². The molecule has 3 N–H and O–H groups in total. The van der Waals surface area contributed by atoms with Gasteiger partial charge in [0.15, 0.2) is 0 Å². The fourth-order valence-corrected chi connectivity index (χ4v) is 2.62. The summed E-state index contributed by atoms with van der Waals surface area (Å²) in [4.78, 5) is 11.4. The summed E-state index contributed by atoms with van der Waals surface area (Å²) < 4.78 is 6.64. The van der Waals surface area contributed by atoms with Gasteiger partial charge in [0.25, 0.3) is 0 Å². The number of thioether (sulfide) groups is 1. The average Bonchev–Trinajstić information content (AvgIpc) is 2.44. The predicted molar refractivity (Wildman–Crippen MR) is 92.9 cm³/mol. The van der Waals surface area contributed by atoms with Gasteiger partial charge in [-0.05, 0) is 31.5 Å². The molecule has 0 aromatic heterocycles. The van der Waals surface area contributed by atoms with E-state index < -0.39 is 0 Å². The van der Waals surface area contributed by atoms with Crippen molar-refractivity contribution in [2.75, 3.05) is 24.7 Å². The highest BCUT2D eigenvalue weighted by atomic mass is 79.9. The topological polar surface area (TPSA) is 64.4 Å². The highest BCUT2D eigenvalue weighted by molar-refractivity contribution is 9.10.